The molecule has 0 aliphatic carbocycles. The van der Waals surface area contributed by atoms with Crippen LogP contribution >= 0.6 is 0 Å². The zero-order valence-corrected chi connectivity index (χ0v) is 9.42. The van der Waals surface area contributed by atoms with E-state index in [2.05, 4.69) is 0 Å². The fourth-order valence-electron chi connectivity index (χ4n) is 1.13. The van der Waals surface area contributed by atoms with Crippen LogP contribution in [0.3, 0.4) is 0 Å². The Balaban J connectivity index is 3.45. The van der Waals surface area contributed by atoms with E-state index in [1.54, 1.807) is 0 Å². The van der Waals surface area contributed by atoms with Crippen molar-refractivity contribution in [1.82, 2.24) is 4.72 Å². The van der Waals surface area contributed by atoms with Gasteiger partial charge >= 0.3 is 5.69 Å². The monoisotopic (exact) mass is 266 g/mol. The topological polar surface area (TPSA) is 89.3 Å². The van der Waals surface area contributed by atoms with Crippen LogP contribution in [-0.2, 0) is 10.0 Å². The third kappa shape index (κ3) is 2.74. The van der Waals surface area contributed by atoms with Gasteiger partial charge in [0.15, 0.2) is 0 Å². The number of rotatable bonds is 4. The summed E-state index contributed by atoms with van der Waals surface area (Å²) in [6, 6.07) is 0.519. The molecule has 0 heterocycles. The van der Waals surface area contributed by atoms with Gasteiger partial charge in [0.2, 0.25) is 15.8 Å². The second kappa shape index (κ2) is 4.72. The maximum Gasteiger partial charge on any atom is 0.306 e. The predicted molar refractivity (Wildman–Crippen MR) is 53.9 cm³/mol. The number of hydrogen-bond acceptors (Lipinski definition) is 4. The molecule has 0 aromatic heterocycles. The van der Waals surface area contributed by atoms with Gasteiger partial charge in [-0.3, -0.25) is 10.1 Å². The van der Waals surface area contributed by atoms with E-state index < -0.39 is 37.2 Å². The van der Waals surface area contributed by atoms with Crippen LogP contribution in [-0.4, -0.2) is 19.9 Å². The normalized spacial score (nSPS) is 11.5. The molecule has 1 aromatic rings. The number of benzene rings is 1. The van der Waals surface area contributed by atoms with E-state index in [0.717, 1.165) is 0 Å². The zero-order valence-electron chi connectivity index (χ0n) is 8.61. The van der Waals surface area contributed by atoms with Gasteiger partial charge in [0, 0.05) is 18.7 Å². The van der Waals surface area contributed by atoms with E-state index in [4.69, 9.17) is 0 Å². The van der Waals surface area contributed by atoms with Crippen molar-refractivity contribution in [2.45, 2.75) is 11.8 Å². The molecule has 0 atom stereocenters. The molecule has 94 valence electrons. The summed E-state index contributed by atoms with van der Waals surface area (Å²) in [7, 11) is -4.21. The molecule has 0 aliphatic rings. The highest BCUT2D eigenvalue weighted by Crippen LogP contribution is 2.24. The van der Waals surface area contributed by atoms with E-state index in [9.17, 15) is 27.3 Å². The highest BCUT2D eigenvalue weighted by Gasteiger charge is 2.25. The summed E-state index contributed by atoms with van der Waals surface area (Å²) in [5.74, 6) is -2.81. The van der Waals surface area contributed by atoms with E-state index in [1.807, 2.05) is 4.72 Å². The average Bonchev–Trinajstić information content (AvgIpc) is 2.15. The van der Waals surface area contributed by atoms with Crippen molar-refractivity contribution in [1.29, 1.82) is 0 Å². The third-order valence-electron chi connectivity index (χ3n) is 1.82. The molecule has 1 aromatic carbocycles. The van der Waals surface area contributed by atoms with Crippen molar-refractivity contribution < 1.29 is 22.1 Å². The largest absolute Gasteiger partial charge is 0.306 e. The first-order chi connectivity index (χ1) is 7.79. The smallest absolute Gasteiger partial charge is 0.258 e. The zero-order chi connectivity index (χ0) is 13.2. The maximum absolute atomic E-state index is 13.2. The number of nitrogens with zero attached hydrogens (tertiary/aromatic N) is 1. The third-order valence-corrected chi connectivity index (χ3v) is 3.38. The second-order valence-corrected chi connectivity index (χ2v) is 4.73. The standard InChI is InChI=1S/C8H8F2N2O4S/c1-2-11-17(15,16)8-4-7(12(13)14)5(9)3-6(8)10/h3-4,11H,2H2,1H3. The predicted octanol–water partition coefficient (Wildman–Crippen LogP) is 1.17. The van der Waals surface area contributed by atoms with Crippen LogP contribution < -0.4 is 4.72 Å². The average molecular weight is 266 g/mol. The van der Waals surface area contributed by atoms with Crippen LogP contribution in [0.5, 0.6) is 0 Å². The van der Waals surface area contributed by atoms with Crippen LogP contribution in [0.4, 0.5) is 14.5 Å². The lowest BCUT2D eigenvalue weighted by molar-refractivity contribution is -0.387. The lowest BCUT2D eigenvalue weighted by Gasteiger charge is -2.05. The number of hydrogen-bond donors (Lipinski definition) is 1. The van der Waals surface area contributed by atoms with Crippen molar-refractivity contribution in [3.05, 3.63) is 33.9 Å². The lowest BCUT2D eigenvalue weighted by atomic mass is 10.3. The molecule has 1 rings (SSSR count). The first kappa shape index (κ1) is 13.5. The molecule has 0 bridgehead atoms. The summed E-state index contributed by atoms with van der Waals surface area (Å²) < 4.78 is 51.0. The first-order valence-electron chi connectivity index (χ1n) is 4.42. The molecule has 0 radical (unpaired) electrons. The highest BCUT2D eigenvalue weighted by molar-refractivity contribution is 7.89. The Morgan fingerprint density at radius 3 is 2.41 bits per heavy atom. The molecule has 6 nitrogen and oxygen atoms in total. The van der Waals surface area contributed by atoms with Gasteiger partial charge in [0.1, 0.15) is 10.7 Å². The summed E-state index contributed by atoms with van der Waals surface area (Å²) in [6.45, 7) is 1.43. The Kier molecular flexibility index (Phi) is 3.73. The summed E-state index contributed by atoms with van der Waals surface area (Å²) >= 11 is 0. The fourth-order valence-corrected chi connectivity index (χ4v) is 2.25. The van der Waals surface area contributed by atoms with Crippen molar-refractivity contribution in [3.63, 3.8) is 0 Å². The lowest BCUT2D eigenvalue weighted by Crippen LogP contribution is -2.24. The van der Waals surface area contributed by atoms with Crippen molar-refractivity contribution in [2.75, 3.05) is 6.54 Å². The molecule has 0 saturated carbocycles. The summed E-state index contributed by atoms with van der Waals surface area (Å²) in [6.07, 6.45) is 0. The minimum absolute atomic E-state index is 0.0209. The molecule has 0 saturated heterocycles. The van der Waals surface area contributed by atoms with Gasteiger partial charge < -0.3 is 0 Å². The number of nitrogens with one attached hydrogen (secondary N) is 1. The van der Waals surface area contributed by atoms with Gasteiger partial charge in [-0.15, -0.1) is 0 Å². The van der Waals surface area contributed by atoms with E-state index in [0.29, 0.717) is 6.07 Å². The Bertz CT molecular complexity index is 559. The molecule has 17 heavy (non-hydrogen) atoms. The number of sulfonamides is 1. The SMILES string of the molecule is CCNS(=O)(=O)c1cc([N+](=O)[O-])c(F)cc1F. The van der Waals surface area contributed by atoms with Crippen molar-refractivity contribution in [3.8, 4) is 0 Å². The van der Waals surface area contributed by atoms with Crippen molar-refractivity contribution in [2.24, 2.45) is 0 Å². The molecule has 0 aliphatic heterocycles. The van der Waals surface area contributed by atoms with Crippen molar-refractivity contribution >= 4 is 15.7 Å². The van der Waals surface area contributed by atoms with E-state index in [-0.39, 0.29) is 12.6 Å². The van der Waals surface area contributed by atoms with Gasteiger partial charge in [0.25, 0.3) is 0 Å². The van der Waals surface area contributed by atoms with Crippen LogP contribution in [0.25, 0.3) is 0 Å². The molecule has 0 amide bonds. The number of halogens is 2. The van der Waals surface area contributed by atoms with Gasteiger partial charge in [-0.05, 0) is 0 Å². The molecule has 1 N–H and O–H groups in total. The molecule has 0 unspecified atom stereocenters. The van der Waals surface area contributed by atoms with Crippen LogP contribution in [0, 0.1) is 21.7 Å². The maximum atomic E-state index is 13.2. The van der Waals surface area contributed by atoms with Gasteiger partial charge in [0.05, 0.1) is 4.92 Å². The first-order valence-corrected chi connectivity index (χ1v) is 5.91. The van der Waals surface area contributed by atoms with Crippen LogP contribution in [0.1, 0.15) is 6.92 Å². The van der Waals surface area contributed by atoms with Gasteiger partial charge in [-0.2, -0.15) is 4.39 Å². The molecule has 0 fully saturated rings. The minimum Gasteiger partial charge on any atom is -0.258 e. The summed E-state index contributed by atoms with van der Waals surface area (Å²) in [5, 5.41) is 10.4. The van der Waals surface area contributed by atoms with Crippen LogP contribution in [0.2, 0.25) is 0 Å². The molecular weight excluding hydrogens is 258 g/mol. The summed E-state index contributed by atoms with van der Waals surface area (Å²) in [4.78, 5) is 8.32. The number of nitro benzene ring substituents is 1. The molecular formula is C8H8F2N2O4S. The van der Waals surface area contributed by atoms with Crippen LogP contribution in [0.15, 0.2) is 17.0 Å². The highest BCUT2D eigenvalue weighted by atomic mass is 32.2. The Morgan fingerprint density at radius 1 is 1.35 bits per heavy atom. The molecule has 9 heteroatoms. The Morgan fingerprint density at radius 2 is 1.94 bits per heavy atom. The Labute approximate surface area is 95.5 Å². The van der Waals surface area contributed by atoms with Gasteiger partial charge in [-0.25, -0.2) is 17.5 Å². The fraction of sp³-hybridized carbons (Fsp3) is 0.250. The quantitative estimate of drug-likeness (QED) is 0.654. The number of nitro groups is 1. The minimum atomic E-state index is -4.21. The van der Waals surface area contributed by atoms with Gasteiger partial charge in [-0.1, -0.05) is 6.92 Å². The second-order valence-electron chi connectivity index (χ2n) is 2.99. The van der Waals surface area contributed by atoms with E-state index >= 15 is 0 Å². The summed E-state index contributed by atoms with van der Waals surface area (Å²) in [5.41, 5.74) is -1.09. The Hall–Kier alpha value is -1.61. The molecule has 0 spiro atoms. The van der Waals surface area contributed by atoms with E-state index in [1.165, 1.54) is 6.92 Å².